The number of aryl methyl sites for hydroxylation is 2. The monoisotopic (exact) mass is 209 g/mol. The third kappa shape index (κ3) is 2.21. The van der Waals surface area contributed by atoms with Crippen molar-refractivity contribution in [2.24, 2.45) is 18.7 Å². The highest BCUT2D eigenvalue weighted by Crippen LogP contribution is 2.27. The molecule has 1 aromatic heterocycles. The third-order valence-corrected chi connectivity index (χ3v) is 3.11. The lowest BCUT2D eigenvalue weighted by molar-refractivity contribution is 0.0447. The summed E-state index contributed by atoms with van der Waals surface area (Å²) in [7, 11) is 1.93. The summed E-state index contributed by atoms with van der Waals surface area (Å²) < 4.78 is 7.29. The Balaban J connectivity index is 2.12. The van der Waals surface area contributed by atoms with E-state index in [-0.39, 0.29) is 6.04 Å². The van der Waals surface area contributed by atoms with Gasteiger partial charge in [-0.15, -0.1) is 0 Å². The normalized spacial score (nSPS) is 24.1. The highest BCUT2D eigenvalue weighted by molar-refractivity contribution is 5.20. The summed E-state index contributed by atoms with van der Waals surface area (Å²) in [6, 6.07) is 0.0685. The zero-order valence-corrected chi connectivity index (χ0v) is 9.44. The fourth-order valence-corrected chi connectivity index (χ4v) is 2.25. The summed E-state index contributed by atoms with van der Waals surface area (Å²) >= 11 is 0. The maximum absolute atomic E-state index is 6.25. The van der Waals surface area contributed by atoms with Crippen LogP contribution in [0.25, 0.3) is 0 Å². The van der Waals surface area contributed by atoms with Crippen LogP contribution in [0.2, 0.25) is 0 Å². The number of nitrogens with two attached hydrogens (primary N) is 1. The quantitative estimate of drug-likeness (QED) is 0.795. The summed E-state index contributed by atoms with van der Waals surface area (Å²) in [5.74, 6) is 0.446. The first-order chi connectivity index (χ1) is 7.18. The van der Waals surface area contributed by atoms with Gasteiger partial charge >= 0.3 is 0 Å². The van der Waals surface area contributed by atoms with Crippen LogP contribution in [0.3, 0.4) is 0 Å². The number of hydrogen-bond donors (Lipinski definition) is 1. The van der Waals surface area contributed by atoms with Crippen molar-refractivity contribution in [2.75, 3.05) is 13.2 Å². The van der Waals surface area contributed by atoms with Gasteiger partial charge in [-0.1, -0.05) is 0 Å². The highest BCUT2D eigenvalue weighted by Gasteiger charge is 2.24. The Kier molecular flexibility index (Phi) is 3.07. The van der Waals surface area contributed by atoms with Crippen molar-refractivity contribution in [2.45, 2.75) is 25.8 Å². The number of hydrogen-bond acceptors (Lipinski definition) is 3. The molecule has 0 saturated carbocycles. The average Bonchev–Trinajstić information content (AvgIpc) is 2.58. The maximum atomic E-state index is 6.25. The van der Waals surface area contributed by atoms with Crippen molar-refractivity contribution in [3.63, 3.8) is 0 Å². The lowest BCUT2D eigenvalue weighted by Gasteiger charge is -2.27. The SMILES string of the molecule is Cc1nn(C)cc1C(N)C1CCCOC1. The minimum atomic E-state index is 0.0685. The van der Waals surface area contributed by atoms with Crippen molar-refractivity contribution < 1.29 is 4.74 Å². The molecule has 1 aromatic rings. The molecule has 4 heteroatoms. The van der Waals surface area contributed by atoms with E-state index in [9.17, 15) is 0 Å². The lowest BCUT2D eigenvalue weighted by atomic mass is 9.90. The molecule has 2 heterocycles. The second-order valence-electron chi connectivity index (χ2n) is 4.35. The first-order valence-electron chi connectivity index (χ1n) is 5.52. The van der Waals surface area contributed by atoms with Crippen LogP contribution in [-0.4, -0.2) is 23.0 Å². The van der Waals surface area contributed by atoms with Gasteiger partial charge in [-0.25, -0.2) is 0 Å². The first kappa shape index (κ1) is 10.6. The summed E-state index contributed by atoms with van der Waals surface area (Å²) in [5, 5.41) is 4.32. The molecule has 15 heavy (non-hydrogen) atoms. The van der Waals surface area contributed by atoms with E-state index < -0.39 is 0 Å². The molecule has 1 aliphatic rings. The second-order valence-corrected chi connectivity index (χ2v) is 4.35. The van der Waals surface area contributed by atoms with E-state index in [1.165, 1.54) is 0 Å². The Morgan fingerprint density at radius 1 is 1.67 bits per heavy atom. The predicted molar refractivity (Wildman–Crippen MR) is 58.4 cm³/mol. The van der Waals surface area contributed by atoms with Gasteiger partial charge in [-0.3, -0.25) is 4.68 Å². The van der Waals surface area contributed by atoms with E-state index in [2.05, 4.69) is 5.10 Å². The maximum Gasteiger partial charge on any atom is 0.0641 e. The predicted octanol–water partition coefficient (Wildman–Crippen LogP) is 1.15. The topological polar surface area (TPSA) is 53.1 Å². The van der Waals surface area contributed by atoms with Gasteiger partial charge in [0.15, 0.2) is 0 Å². The molecule has 84 valence electrons. The minimum absolute atomic E-state index is 0.0685. The van der Waals surface area contributed by atoms with E-state index in [1.54, 1.807) is 0 Å². The zero-order chi connectivity index (χ0) is 10.8. The Bertz CT molecular complexity index is 329. The van der Waals surface area contributed by atoms with E-state index >= 15 is 0 Å². The molecule has 2 unspecified atom stereocenters. The van der Waals surface area contributed by atoms with Gasteiger partial charge in [-0.05, 0) is 19.8 Å². The molecule has 0 aliphatic carbocycles. The van der Waals surface area contributed by atoms with E-state index in [1.807, 2.05) is 24.9 Å². The van der Waals surface area contributed by atoms with Crippen molar-refractivity contribution in [3.8, 4) is 0 Å². The zero-order valence-electron chi connectivity index (χ0n) is 9.44. The molecular weight excluding hydrogens is 190 g/mol. The average molecular weight is 209 g/mol. The molecule has 0 spiro atoms. The van der Waals surface area contributed by atoms with Gasteiger partial charge in [0.05, 0.1) is 12.3 Å². The molecule has 0 amide bonds. The van der Waals surface area contributed by atoms with Crippen LogP contribution in [0.1, 0.15) is 30.1 Å². The standard InChI is InChI=1S/C11H19N3O/c1-8-10(6-14(2)13-8)11(12)9-4-3-5-15-7-9/h6,9,11H,3-5,7,12H2,1-2H3. The van der Waals surface area contributed by atoms with Gasteiger partial charge in [0.1, 0.15) is 0 Å². The Morgan fingerprint density at radius 3 is 3.00 bits per heavy atom. The molecule has 2 atom stereocenters. The molecule has 0 radical (unpaired) electrons. The smallest absolute Gasteiger partial charge is 0.0641 e. The van der Waals surface area contributed by atoms with Gasteiger partial charge in [0.2, 0.25) is 0 Å². The Hall–Kier alpha value is -0.870. The van der Waals surface area contributed by atoms with Crippen LogP contribution >= 0.6 is 0 Å². The summed E-state index contributed by atoms with van der Waals surface area (Å²) in [5.41, 5.74) is 8.45. The summed E-state index contributed by atoms with van der Waals surface area (Å²) in [4.78, 5) is 0. The molecule has 2 rings (SSSR count). The van der Waals surface area contributed by atoms with Crippen molar-refractivity contribution in [1.29, 1.82) is 0 Å². The van der Waals surface area contributed by atoms with E-state index in [4.69, 9.17) is 10.5 Å². The number of ether oxygens (including phenoxy) is 1. The molecule has 0 aromatic carbocycles. The minimum Gasteiger partial charge on any atom is -0.381 e. The summed E-state index contributed by atoms with van der Waals surface area (Å²) in [6.07, 6.45) is 4.31. The molecule has 2 N–H and O–H groups in total. The largest absolute Gasteiger partial charge is 0.381 e. The summed E-state index contributed by atoms with van der Waals surface area (Å²) in [6.45, 7) is 3.68. The van der Waals surface area contributed by atoms with Crippen molar-refractivity contribution in [3.05, 3.63) is 17.5 Å². The first-order valence-corrected chi connectivity index (χ1v) is 5.52. The van der Waals surface area contributed by atoms with E-state index in [0.717, 1.165) is 37.3 Å². The molecular formula is C11H19N3O. The van der Waals surface area contributed by atoms with Crippen molar-refractivity contribution in [1.82, 2.24) is 9.78 Å². The van der Waals surface area contributed by atoms with Gasteiger partial charge in [-0.2, -0.15) is 5.10 Å². The van der Waals surface area contributed by atoms with E-state index in [0.29, 0.717) is 5.92 Å². The molecule has 1 aliphatic heterocycles. The Morgan fingerprint density at radius 2 is 2.47 bits per heavy atom. The van der Waals surface area contributed by atoms with Gasteiger partial charge in [0, 0.05) is 37.4 Å². The molecule has 4 nitrogen and oxygen atoms in total. The molecule has 1 fully saturated rings. The number of nitrogens with zero attached hydrogens (tertiary/aromatic N) is 2. The molecule has 1 saturated heterocycles. The van der Waals surface area contributed by atoms with Crippen LogP contribution in [0.5, 0.6) is 0 Å². The fourth-order valence-electron chi connectivity index (χ4n) is 2.25. The number of aromatic nitrogens is 2. The van der Waals surface area contributed by atoms with Crippen LogP contribution in [0.4, 0.5) is 0 Å². The van der Waals surface area contributed by atoms with Crippen LogP contribution in [0, 0.1) is 12.8 Å². The number of rotatable bonds is 2. The highest BCUT2D eigenvalue weighted by atomic mass is 16.5. The van der Waals surface area contributed by atoms with Crippen molar-refractivity contribution >= 4 is 0 Å². The lowest BCUT2D eigenvalue weighted by Crippen LogP contribution is -2.29. The molecule has 0 bridgehead atoms. The third-order valence-electron chi connectivity index (χ3n) is 3.11. The fraction of sp³-hybridized carbons (Fsp3) is 0.727. The van der Waals surface area contributed by atoms with Crippen LogP contribution in [0.15, 0.2) is 6.20 Å². The van der Waals surface area contributed by atoms with Crippen LogP contribution < -0.4 is 5.73 Å². The Labute approximate surface area is 90.4 Å². The van der Waals surface area contributed by atoms with Gasteiger partial charge < -0.3 is 10.5 Å². The van der Waals surface area contributed by atoms with Gasteiger partial charge in [0.25, 0.3) is 0 Å². The second kappa shape index (κ2) is 4.33. The van der Waals surface area contributed by atoms with Crippen LogP contribution in [-0.2, 0) is 11.8 Å².